The van der Waals surface area contributed by atoms with Gasteiger partial charge in [0, 0.05) is 40.6 Å². The van der Waals surface area contributed by atoms with E-state index in [-0.39, 0.29) is 17.2 Å². The number of ether oxygens (including phenoxy) is 2. The van der Waals surface area contributed by atoms with Crippen molar-refractivity contribution >= 4 is 11.6 Å². The van der Waals surface area contributed by atoms with E-state index in [1.54, 1.807) is 13.2 Å². The maximum atomic E-state index is 6.13. The van der Waals surface area contributed by atoms with Gasteiger partial charge in [-0.3, -0.25) is 0 Å². The number of aromatic nitrogens is 2. The maximum Gasteiger partial charge on any atom is 0.233 e. The molecule has 1 aliphatic rings. The number of rotatable bonds is 4. The number of halogens is 1. The Labute approximate surface area is 160 Å². The first-order valence-corrected chi connectivity index (χ1v) is 9.19. The number of nitrogens with zero attached hydrogens (tertiary/aromatic N) is 2. The van der Waals surface area contributed by atoms with Crippen LogP contribution >= 0.6 is 11.6 Å². The standard InChI is InChI=1S/C20H26ClN3O2/c1-19(2)11-14(12-20(3,4)24-19)26-18-9-8-16(22-23-18)15-7-6-13(21)10-17(15)25-5/h6-10,14,24H,11-12H2,1-5H3. The summed E-state index contributed by atoms with van der Waals surface area (Å²) in [5.74, 6) is 1.21. The number of piperidine rings is 1. The van der Waals surface area contributed by atoms with Gasteiger partial charge >= 0.3 is 0 Å². The Morgan fingerprint density at radius 3 is 2.31 bits per heavy atom. The average Bonchev–Trinajstić information content (AvgIpc) is 2.52. The molecule has 1 aromatic carbocycles. The fourth-order valence-electron chi connectivity index (χ4n) is 3.89. The Morgan fingerprint density at radius 1 is 1.04 bits per heavy atom. The first-order chi connectivity index (χ1) is 12.2. The highest BCUT2D eigenvalue weighted by molar-refractivity contribution is 6.30. The molecule has 140 valence electrons. The van der Waals surface area contributed by atoms with Crippen LogP contribution in [0.15, 0.2) is 30.3 Å². The number of hydrogen-bond acceptors (Lipinski definition) is 5. The van der Waals surface area contributed by atoms with Crippen LogP contribution in [-0.2, 0) is 0 Å². The Bertz CT molecular complexity index is 759. The molecular formula is C20H26ClN3O2. The normalized spacial score (nSPS) is 19.2. The minimum absolute atomic E-state index is 0.0243. The quantitative estimate of drug-likeness (QED) is 0.852. The topological polar surface area (TPSA) is 56.3 Å². The highest BCUT2D eigenvalue weighted by Crippen LogP contribution is 2.33. The lowest BCUT2D eigenvalue weighted by Crippen LogP contribution is -2.60. The van der Waals surface area contributed by atoms with E-state index in [2.05, 4.69) is 43.2 Å². The lowest BCUT2D eigenvalue weighted by atomic mass is 9.81. The van der Waals surface area contributed by atoms with Crippen LogP contribution in [0, 0.1) is 0 Å². The van der Waals surface area contributed by atoms with Crippen LogP contribution < -0.4 is 14.8 Å². The molecule has 1 saturated heterocycles. The maximum absolute atomic E-state index is 6.13. The third kappa shape index (κ3) is 4.46. The van der Waals surface area contributed by atoms with Crippen LogP contribution in [0.4, 0.5) is 0 Å². The van der Waals surface area contributed by atoms with Crippen molar-refractivity contribution in [3.63, 3.8) is 0 Å². The van der Waals surface area contributed by atoms with Crippen molar-refractivity contribution in [3.8, 4) is 22.9 Å². The van der Waals surface area contributed by atoms with E-state index in [9.17, 15) is 0 Å². The van der Waals surface area contributed by atoms with Gasteiger partial charge < -0.3 is 14.8 Å². The van der Waals surface area contributed by atoms with Crippen LogP contribution in [0.1, 0.15) is 40.5 Å². The summed E-state index contributed by atoms with van der Waals surface area (Å²) in [5.41, 5.74) is 1.62. The van der Waals surface area contributed by atoms with Gasteiger partial charge in [-0.2, -0.15) is 0 Å². The van der Waals surface area contributed by atoms with Crippen molar-refractivity contribution in [2.24, 2.45) is 0 Å². The van der Waals surface area contributed by atoms with Crippen LogP contribution in [0.25, 0.3) is 11.3 Å². The van der Waals surface area contributed by atoms with Crippen LogP contribution in [0.3, 0.4) is 0 Å². The van der Waals surface area contributed by atoms with Crippen molar-refractivity contribution in [2.75, 3.05) is 7.11 Å². The summed E-state index contributed by atoms with van der Waals surface area (Å²) >= 11 is 6.02. The molecule has 1 fully saturated rings. The van der Waals surface area contributed by atoms with Crippen LogP contribution in [-0.4, -0.2) is 34.5 Å². The van der Waals surface area contributed by atoms with Gasteiger partial charge in [0.1, 0.15) is 11.9 Å². The second-order valence-electron chi connectivity index (χ2n) is 8.14. The monoisotopic (exact) mass is 375 g/mol. The molecule has 2 aromatic rings. The Kier molecular flexibility index (Phi) is 5.13. The fourth-order valence-corrected chi connectivity index (χ4v) is 4.05. The molecule has 1 aliphatic heterocycles. The summed E-state index contributed by atoms with van der Waals surface area (Å²) in [7, 11) is 1.61. The van der Waals surface area contributed by atoms with E-state index in [1.165, 1.54) is 0 Å². The summed E-state index contributed by atoms with van der Waals surface area (Å²) in [4.78, 5) is 0. The zero-order valence-electron chi connectivity index (χ0n) is 16.0. The predicted molar refractivity (Wildman–Crippen MR) is 104 cm³/mol. The van der Waals surface area contributed by atoms with Gasteiger partial charge in [0.2, 0.25) is 5.88 Å². The van der Waals surface area contributed by atoms with Crippen molar-refractivity contribution in [2.45, 2.75) is 57.7 Å². The molecule has 2 heterocycles. The van der Waals surface area contributed by atoms with E-state index in [1.807, 2.05) is 24.3 Å². The van der Waals surface area contributed by atoms with E-state index >= 15 is 0 Å². The zero-order chi connectivity index (χ0) is 18.9. The second-order valence-corrected chi connectivity index (χ2v) is 8.58. The van der Waals surface area contributed by atoms with E-state index in [0.29, 0.717) is 16.7 Å². The molecule has 0 atom stereocenters. The van der Waals surface area contributed by atoms with Crippen LogP contribution in [0.5, 0.6) is 11.6 Å². The van der Waals surface area contributed by atoms with Crippen molar-refractivity contribution in [3.05, 3.63) is 35.4 Å². The Morgan fingerprint density at radius 2 is 1.73 bits per heavy atom. The molecule has 26 heavy (non-hydrogen) atoms. The van der Waals surface area contributed by atoms with Gasteiger partial charge in [-0.1, -0.05) is 11.6 Å². The molecule has 1 N–H and O–H groups in total. The first kappa shape index (κ1) is 18.9. The zero-order valence-corrected chi connectivity index (χ0v) is 16.7. The van der Waals surface area contributed by atoms with Gasteiger partial charge in [-0.25, -0.2) is 0 Å². The number of nitrogens with one attached hydrogen (secondary N) is 1. The summed E-state index contributed by atoms with van der Waals surface area (Å²) < 4.78 is 11.5. The minimum atomic E-state index is 0.0243. The van der Waals surface area contributed by atoms with Gasteiger partial charge in [0.05, 0.1) is 12.8 Å². The largest absolute Gasteiger partial charge is 0.496 e. The molecule has 0 aliphatic carbocycles. The molecule has 0 saturated carbocycles. The summed E-state index contributed by atoms with van der Waals surface area (Å²) in [6.45, 7) is 8.80. The Balaban J connectivity index is 1.76. The van der Waals surface area contributed by atoms with E-state index in [4.69, 9.17) is 21.1 Å². The summed E-state index contributed by atoms with van der Waals surface area (Å²) in [6.07, 6.45) is 1.95. The second kappa shape index (κ2) is 7.05. The molecular weight excluding hydrogens is 350 g/mol. The lowest BCUT2D eigenvalue weighted by Gasteiger charge is -2.46. The SMILES string of the molecule is COc1cc(Cl)ccc1-c1ccc(OC2CC(C)(C)NC(C)(C)C2)nn1. The third-order valence-electron chi connectivity index (χ3n) is 4.52. The van der Waals surface area contributed by atoms with Gasteiger partial charge in [0.25, 0.3) is 0 Å². The lowest BCUT2D eigenvalue weighted by molar-refractivity contribution is 0.0524. The molecule has 0 amide bonds. The molecule has 3 rings (SSSR count). The van der Waals surface area contributed by atoms with Gasteiger partial charge in [-0.05, 0) is 52.0 Å². The van der Waals surface area contributed by atoms with Crippen molar-refractivity contribution in [1.82, 2.24) is 15.5 Å². The average molecular weight is 376 g/mol. The third-order valence-corrected chi connectivity index (χ3v) is 4.75. The molecule has 1 aromatic heterocycles. The predicted octanol–water partition coefficient (Wildman–Crippen LogP) is 4.49. The Hall–Kier alpha value is -1.85. The van der Waals surface area contributed by atoms with Crippen molar-refractivity contribution < 1.29 is 9.47 Å². The molecule has 0 unspecified atom stereocenters. The summed E-state index contributed by atoms with van der Waals surface area (Å²) in [5, 5.41) is 12.8. The molecule has 6 heteroatoms. The number of methoxy groups -OCH3 is 1. The number of benzene rings is 1. The fraction of sp³-hybridized carbons (Fsp3) is 0.500. The van der Waals surface area contributed by atoms with Gasteiger partial charge in [0.15, 0.2) is 0 Å². The highest BCUT2D eigenvalue weighted by atomic mass is 35.5. The van der Waals surface area contributed by atoms with Crippen molar-refractivity contribution in [1.29, 1.82) is 0 Å². The minimum Gasteiger partial charge on any atom is -0.496 e. The van der Waals surface area contributed by atoms with E-state index < -0.39 is 0 Å². The number of hydrogen-bond donors (Lipinski definition) is 1. The summed E-state index contributed by atoms with van der Waals surface area (Å²) in [6, 6.07) is 9.21. The molecule has 0 radical (unpaired) electrons. The molecule has 0 bridgehead atoms. The van der Waals surface area contributed by atoms with E-state index in [0.717, 1.165) is 24.1 Å². The van der Waals surface area contributed by atoms with Crippen LogP contribution in [0.2, 0.25) is 5.02 Å². The first-order valence-electron chi connectivity index (χ1n) is 8.81. The molecule has 5 nitrogen and oxygen atoms in total. The molecule has 0 spiro atoms. The smallest absolute Gasteiger partial charge is 0.233 e. The van der Waals surface area contributed by atoms with Gasteiger partial charge in [-0.15, -0.1) is 10.2 Å². The highest BCUT2D eigenvalue weighted by Gasteiger charge is 2.38.